The average Bonchev–Trinajstić information content (AvgIpc) is 3.01. The van der Waals surface area contributed by atoms with Gasteiger partial charge in [-0.1, -0.05) is 12.1 Å². The summed E-state index contributed by atoms with van der Waals surface area (Å²) in [5.41, 5.74) is 1.80. The fourth-order valence-corrected chi connectivity index (χ4v) is 2.71. The Balaban J connectivity index is 1.83. The van der Waals surface area contributed by atoms with Crippen LogP contribution in [0.25, 0.3) is 0 Å². The van der Waals surface area contributed by atoms with Gasteiger partial charge in [0.1, 0.15) is 0 Å². The molecular weight excluding hydrogens is 308 g/mol. The van der Waals surface area contributed by atoms with Gasteiger partial charge in [0.25, 0.3) is 0 Å². The minimum absolute atomic E-state index is 0.00450. The lowest BCUT2D eigenvalue weighted by Crippen LogP contribution is -2.29. The number of methoxy groups -OCH3 is 1. The van der Waals surface area contributed by atoms with Crippen molar-refractivity contribution in [2.45, 2.75) is 32.1 Å². The molecule has 1 aromatic carbocycles. The maximum atomic E-state index is 12.2. The van der Waals surface area contributed by atoms with Crippen LogP contribution in [-0.4, -0.2) is 49.9 Å². The van der Waals surface area contributed by atoms with E-state index >= 15 is 0 Å². The monoisotopic (exact) mass is 332 g/mol. The van der Waals surface area contributed by atoms with E-state index in [1.165, 1.54) is 7.11 Å². The predicted octanol–water partition coefficient (Wildman–Crippen LogP) is 1.77. The van der Waals surface area contributed by atoms with E-state index in [0.717, 1.165) is 24.2 Å². The van der Waals surface area contributed by atoms with Crippen LogP contribution >= 0.6 is 0 Å². The number of nitrogens with zero attached hydrogens (tertiary/aromatic N) is 2. The van der Waals surface area contributed by atoms with Crippen molar-refractivity contribution < 1.29 is 19.1 Å². The van der Waals surface area contributed by atoms with Gasteiger partial charge >= 0.3 is 5.97 Å². The Morgan fingerprint density at radius 3 is 2.54 bits per heavy atom. The maximum absolute atomic E-state index is 12.2. The molecule has 0 bridgehead atoms. The van der Waals surface area contributed by atoms with Crippen LogP contribution in [0.3, 0.4) is 0 Å². The van der Waals surface area contributed by atoms with Gasteiger partial charge in [0.15, 0.2) is 0 Å². The van der Waals surface area contributed by atoms with E-state index in [0.29, 0.717) is 32.2 Å². The molecule has 1 aromatic rings. The highest BCUT2D eigenvalue weighted by Gasteiger charge is 2.21. The lowest BCUT2D eigenvalue weighted by Gasteiger charge is -2.18. The Morgan fingerprint density at radius 1 is 1.25 bits per heavy atom. The summed E-state index contributed by atoms with van der Waals surface area (Å²) in [5, 5.41) is 0. The molecule has 0 radical (unpaired) electrons. The molecule has 0 aromatic heterocycles. The highest BCUT2D eigenvalue weighted by atomic mass is 16.5. The first kappa shape index (κ1) is 18.0. The average molecular weight is 332 g/mol. The van der Waals surface area contributed by atoms with Crippen LogP contribution in [0.4, 0.5) is 5.69 Å². The molecule has 6 nitrogen and oxygen atoms in total. The van der Waals surface area contributed by atoms with E-state index in [-0.39, 0.29) is 17.8 Å². The Hall–Kier alpha value is -2.37. The Bertz CT molecular complexity index is 598. The zero-order valence-electron chi connectivity index (χ0n) is 14.3. The fraction of sp³-hybridized carbons (Fsp3) is 0.500. The molecule has 1 aliphatic heterocycles. The number of anilines is 1. The summed E-state index contributed by atoms with van der Waals surface area (Å²) in [6.45, 7) is 1.29. The molecule has 1 aliphatic rings. The summed E-state index contributed by atoms with van der Waals surface area (Å²) < 4.78 is 4.58. The van der Waals surface area contributed by atoms with E-state index in [9.17, 15) is 14.4 Å². The number of ether oxygens (including phenoxy) is 1. The van der Waals surface area contributed by atoms with Gasteiger partial charge in [-0.15, -0.1) is 0 Å². The van der Waals surface area contributed by atoms with Gasteiger partial charge in [-0.05, 0) is 30.5 Å². The molecule has 0 N–H and O–H groups in total. The SMILES string of the molecule is COC(=O)CCCN(C)C(=O)Cc1ccc(N2CCCC2=O)cc1. The van der Waals surface area contributed by atoms with Gasteiger partial charge in [0.05, 0.1) is 13.5 Å². The van der Waals surface area contributed by atoms with E-state index < -0.39 is 0 Å². The molecule has 2 rings (SSSR count). The van der Waals surface area contributed by atoms with E-state index in [2.05, 4.69) is 4.74 Å². The molecule has 130 valence electrons. The minimum Gasteiger partial charge on any atom is -0.469 e. The number of carbonyl (C=O) groups is 3. The number of hydrogen-bond acceptors (Lipinski definition) is 4. The molecule has 2 amide bonds. The highest BCUT2D eigenvalue weighted by molar-refractivity contribution is 5.95. The van der Waals surface area contributed by atoms with Crippen LogP contribution in [0.15, 0.2) is 24.3 Å². The van der Waals surface area contributed by atoms with Crippen LogP contribution in [0.1, 0.15) is 31.2 Å². The molecule has 1 saturated heterocycles. The molecule has 0 unspecified atom stereocenters. The summed E-state index contributed by atoms with van der Waals surface area (Å²) in [6, 6.07) is 7.56. The summed E-state index contributed by atoms with van der Waals surface area (Å²) in [6.07, 6.45) is 2.71. The van der Waals surface area contributed by atoms with Crippen molar-refractivity contribution in [2.24, 2.45) is 0 Å². The Labute approximate surface area is 142 Å². The van der Waals surface area contributed by atoms with Crippen LogP contribution in [0.2, 0.25) is 0 Å². The highest BCUT2D eigenvalue weighted by Crippen LogP contribution is 2.21. The third-order valence-electron chi connectivity index (χ3n) is 4.20. The Morgan fingerprint density at radius 2 is 1.96 bits per heavy atom. The minimum atomic E-state index is -0.261. The fourth-order valence-electron chi connectivity index (χ4n) is 2.71. The van der Waals surface area contributed by atoms with Gasteiger partial charge < -0.3 is 14.5 Å². The first-order valence-corrected chi connectivity index (χ1v) is 8.21. The van der Waals surface area contributed by atoms with Crippen LogP contribution in [-0.2, 0) is 25.5 Å². The smallest absolute Gasteiger partial charge is 0.305 e. The molecule has 0 spiro atoms. The second-order valence-corrected chi connectivity index (χ2v) is 5.99. The topological polar surface area (TPSA) is 66.9 Å². The van der Waals surface area contributed by atoms with Crippen molar-refractivity contribution >= 4 is 23.5 Å². The summed E-state index contributed by atoms with van der Waals surface area (Å²) in [5.74, 6) is -0.100. The van der Waals surface area contributed by atoms with Crippen LogP contribution in [0.5, 0.6) is 0 Å². The zero-order chi connectivity index (χ0) is 17.5. The third-order valence-corrected chi connectivity index (χ3v) is 4.20. The number of carbonyl (C=O) groups excluding carboxylic acids is 3. The first-order valence-electron chi connectivity index (χ1n) is 8.21. The molecule has 1 heterocycles. The summed E-state index contributed by atoms with van der Waals surface area (Å²) >= 11 is 0. The second kappa shape index (κ2) is 8.47. The van der Waals surface area contributed by atoms with E-state index in [1.54, 1.807) is 16.8 Å². The summed E-state index contributed by atoms with van der Waals surface area (Å²) in [7, 11) is 3.09. The van der Waals surface area contributed by atoms with Crippen molar-refractivity contribution in [3.8, 4) is 0 Å². The summed E-state index contributed by atoms with van der Waals surface area (Å²) in [4.78, 5) is 38.4. The largest absolute Gasteiger partial charge is 0.469 e. The third kappa shape index (κ3) is 4.81. The van der Waals surface area contributed by atoms with Crippen molar-refractivity contribution in [1.29, 1.82) is 0 Å². The molecule has 0 aliphatic carbocycles. The molecule has 1 fully saturated rings. The van der Waals surface area contributed by atoms with Gasteiger partial charge in [-0.2, -0.15) is 0 Å². The Kier molecular flexibility index (Phi) is 6.35. The van der Waals surface area contributed by atoms with E-state index in [4.69, 9.17) is 0 Å². The molecule has 24 heavy (non-hydrogen) atoms. The van der Waals surface area contributed by atoms with Crippen LogP contribution < -0.4 is 4.90 Å². The number of benzene rings is 1. The van der Waals surface area contributed by atoms with Gasteiger partial charge in [-0.25, -0.2) is 0 Å². The van der Waals surface area contributed by atoms with Crippen LogP contribution in [0, 0.1) is 0 Å². The maximum Gasteiger partial charge on any atom is 0.305 e. The molecule has 0 atom stereocenters. The quantitative estimate of drug-likeness (QED) is 0.714. The molecule has 0 saturated carbocycles. The lowest BCUT2D eigenvalue weighted by molar-refractivity contribution is -0.141. The standard InChI is InChI=1S/C18H24N2O4/c1-19(11-4-6-18(23)24-2)17(22)13-14-7-9-15(10-8-14)20-12-3-5-16(20)21/h7-10H,3-6,11-13H2,1-2H3. The first-order chi connectivity index (χ1) is 11.5. The van der Waals surface area contributed by atoms with Gasteiger partial charge in [0.2, 0.25) is 11.8 Å². The number of hydrogen-bond donors (Lipinski definition) is 0. The molecular formula is C18H24N2O4. The van der Waals surface area contributed by atoms with E-state index in [1.807, 2.05) is 24.3 Å². The van der Waals surface area contributed by atoms with Crippen molar-refractivity contribution in [3.63, 3.8) is 0 Å². The van der Waals surface area contributed by atoms with Crippen molar-refractivity contribution in [1.82, 2.24) is 4.90 Å². The second-order valence-electron chi connectivity index (χ2n) is 5.99. The zero-order valence-corrected chi connectivity index (χ0v) is 14.3. The van der Waals surface area contributed by atoms with Gasteiger partial charge in [-0.3, -0.25) is 14.4 Å². The lowest BCUT2D eigenvalue weighted by atomic mass is 10.1. The number of rotatable bonds is 7. The molecule has 6 heteroatoms. The number of esters is 1. The normalized spacial score (nSPS) is 13.9. The number of amides is 2. The number of likely N-dealkylation sites (N-methyl/N-ethyl adjacent to an activating group) is 1. The predicted molar refractivity (Wildman–Crippen MR) is 90.6 cm³/mol. The van der Waals surface area contributed by atoms with Crippen molar-refractivity contribution in [3.05, 3.63) is 29.8 Å². The van der Waals surface area contributed by atoms with Crippen molar-refractivity contribution in [2.75, 3.05) is 32.1 Å². The van der Waals surface area contributed by atoms with Gasteiger partial charge in [0, 0.05) is 38.7 Å².